The van der Waals surface area contributed by atoms with E-state index < -0.39 is 6.10 Å². The Bertz CT molecular complexity index is 687. The van der Waals surface area contributed by atoms with Crippen molar-refractivity contribution in [2.45, 2.75) is 13.0 Å². The Morgan fingerprint density at radius 1 is 1.24 bits per heavy atom. The second-order valence-corrected chi connectivity index (χ2v) is 6.06. The van der Waals surface area contributed by atoms with Crippen molar-refractivity contribution in [1.82, 2.24) is 0 Å². The molecule has 0 aromatic heterocycles. The Balaban J connectivity index is 1.72. The monoisotopic (exact) mass is 395 g/mol. The van der Waals surface area contributed by atoms with E-state index in [9.17, 15) is 4.79 Å². The van der Waals surface area contributed by atoms with Crippen LogP contribution < -0.4 is 14.8 Å². The summed E-state index contributed by atoms with van der Waals surface area (Å²) in [7, 11) is 0. The molecule has 2 aromatic carbocycles. The number of carbonyl (C=O) groups is 1. The molecule has 1 N–H and O–H groups in total. The van der Waals surface area contributed by atoms with Gasteiger partial charge in [-0.1, -0.05) is 12.1 Å². The van der Waals surface area contributed by atoms with Crippen molar-refractivity contribution in [2.75, 3.05) is 11.9 Å². The fourth-order valence-electron chi connectivity index (χ4n) is 2.13. The van der Waals surface area contributed by atoms with E-state index in [1.54, 1.807) is 6.07 Å². The van der Waals surface area contributed by atoms with Crippen LogP contribution in [0, 0.1) is 10.5 Å². The average molecular weight is 395 g/mol. The highest BCUT2D eigenvalue weighted by Gasteiger charge is 2.27. The van der Waals surface area contributed by atoms with Crippen molar-refractivity contribution >= 4 is 34.2 Å². The molecule has 1 aliphatic rings. The Kier molecular flexibility index (Phi) is 4.01. The number of hydrogen-bond acceptors (Lipinski definition) is 3. The average Bonchev–Trinajstić information content (AvgIpc) is 2.49. The molecule has 1 amide bonds. The fraction of sp³-hybridized carbons (Fsp3) is 0.188. The molecule has 2 aromatic rings. The molecule has 21 heavy (non-hydrogen) atoms. The van der Waals surface area contributed by atoms with Crippen LogP contribution in [0.5, 0.6) is 11.5 Å². The highest BCUT2D eigenvalue weighted by molar-refractivity contribution is 14.1. The first kappa shape index (κ1) is 14.2. The number of aryl methyl sites for hydroxylation is 1. The summed E-state index contributed by atoms with van der Waals surface area (Å²) in [4.78, 5) is 12.3. The lowest BCUT2D eigenvalue weighted by Gasteiger charge is -2.25. The number of anilines is 1. The van der Waals surface area contributed by atoms with Crippen LogP contribution in [0.2, 0.25) is 0 Å². The molecule has 0 fully saturated rings. The van der Waals surface area contributed by atoms with Gasteiger partial charge in [-0.25, -0.2) is 0 Å². The van der Waals surface area contributed by atoms with Gasteiger partial charge in [0, 0.05) is 9.26 Å². The number of rotatable bonds is 2. The van der Waals surface area contributed by atoms with E-state index >= 15 is 0 Å². The molecule has 108 valence electrons. The first-order valence-corrected chi connectivity index (χ1v) is 7.67. The fourth-order valence-corrected chi connectivity index (χ4v) is 2.78. The van der Waals surface area contributed by atoms with Gasteiger partial charge in [0.25, 0.3) is 5.91 Å². The first-order chi connectivity index (χ1) is 10.1. The Morgan fingerprint density at radius 3 is 2.76 bits per heavy atom. The maximum absolute atomic E-state index is 12.3. The minimum absolute atomic E-state index is 0.200. The number of nitrogens with one attached hydrogen (secondary N) is 1. The van der Waals surface area contributed by atoms with Crippen LogP contribution in [0.4, 0.5) is 5.69 Å². The molecule has 0 bridgehead atoms. The van der Waals surface area contributed by atoms with Crippen LogP contribution in [0.25, 0.3) is 0 Å². The number of fused-ring (bicyclic) bond motifs is 1. The molecule has 1 heterocycles. The lowest BCUT2D eigenvalue weighted by molar-refractivity contribution is -0.125. The number of benzene rings is 2. The van der Waals surface area contributed by atoms with Crippen molar-refractivity contribution in [2.24, 2.45) is 0 Å². The van der Waals surface area contributed by atoms with Gasteiger partial charge in [-0.05, 0) is 65.4 Å². The molecule has 1 unspecified atom stereocenters. The van der Waals surface area contributed by atoms with E-state index in [0.29, 0.717) is 11.5 Å². The van der Waals surface area contributed by atoms with Crippen LogP contribution in [-0.4, -0.2) is 18.6 Å². The second-order valence-electron chi connectivity index (χ2n) is 4.81. The summed E-state index contributed by atoms with van der Waals surface area (Å²) in [6.45, 7) is 2.18. The lowest BCUT2D eigenvalue weighted by Crippen LogP contribution is -2.40. The number of amides is 1. The van der Waals surface area contributed by atoms with Crippen LogP contribution >= 0.6 is 22.6 Å². The van der Waals surface area contributed by atoms with Gasteiger partial charge in [0.1, 0.15) is 6.61 Å². The topological polar surface area (TPSA) is 47.6 Å². The predicted octanol–water partition coefficient (Wildman–Crippen LogP) is 3.38. The third-order valence-electron chi connectivity index (χ3n) is 3.25. The molecule has 4 nitrogen and oxygen atoms in total. The van der Waals surface area contributed by atoms with Crippen molar-refractivity contribution < 1.29 is 14.3 Å². The van der Waals surface area contributed by atoms with Crippen molar-refractivity contribution in [3.63, 3.8) is 0 Å². The van der Waals surface area contributed by atoms with E-state index in [2.05, 4.69) is 27.9 Å². The van der Waals surface area contributed by atoms with Gasteiger partial charge in [0.15, 0.2) is 11.5 Å². The molecule has 1 atom stereocenters. The van der Waals surface area contributed by atoms with Crippen molar-refractivity contribution in [3.05, 3.63) is 51.6 Å². The smallest absolute Gasteiger partial charge is 0.269 e. The highest BCUT2D eigenvalue weighted by Crippen LogP contribution is 2.31. The van der Waals surface area contributed by atoms with Crippen LogP contribution in [0.1, 0.15) is 5.56 Å². The summed E-state index contributed by atoms with van der Waals surface area (Å²) in [6, 6.07) is 13.2. The predicted molar refractivity (Wildman–Crippen MR) is 88.9 cm³/mol. The molecule has 0 aliphatic carbocycles. The number of ether oxygens (including phenoxy) is 2. The lowest BCUT2D eigenvalue weighted by atomic mass is 10.2. The van der Waals surface area contributed by atoms with Crippen molar-refractivity contribution in [1.29, 1.82) is 0 Å². The minimum Gasteiger partial charge on any atom is -0.485 e. The maximum Gasteiger partial charge on any atom is 0.269 e. The molecular weight excluding hydrogens is 381 g/mol. The van der Waals surface area contributed by atoms with Gasteiger partial charge in [-0.2, -0.15) is 0 Å². The van der Waals surface area contributed by atoms with Crippen LogP contribution in [0.3, 0.4) is 0 Å². The van der Waals surface area contributed by atoms with Gasteiger partial charge in [0.05, 0.1) is 0 Å². The van der Waals surface area contributed by atoms with E-state index in [4.69, 9.17) is 9.47 Å². The van der Waals surface area contributed by atoms with Gasteiger partial charge in [0.2, 0.25) is 6.10 Å². The molecule has 0 saturated heterocycles. The number of hydrogen-bond donors (Lipinski definition) is 1. The minimum atomic E-state index is -0.640. The van der Waals surface area contributed by atoms with Gasteiger partial charge in [-0.3, -0.25) is 4.79 Å². The number of carbonyl (C=O) groups excluding carboxylic acids is 1. The van der Waals surface area contributed by atoms with Gasteiger partial charge in [-0.15, -0.1) is 0 Å². The first-order valence-electron chi connectivity index (χ1n) is 6.59. The summed E-state index contributed by atoms with van der Waals surface area (Å²) in [6.07, 6.45) is -0.640. The highest BCUT2D eigenvalue weighted by atomic mass is 127. The van der Waals surface area contributed by atoms with E-state index in [-0.39, 0.29) is 12.5 Å². The molecule has 0 radical (unpaired) electrons. The summed E-state index contributed by atoms with van der Waals surface area (Å²) < 4.78 is 12.4. The quantitative estimate of drug-likeness (QED) is 0.794. The maximum atomic E-state index is 12.3. The summed E-state index contributed by atoms with van der Waals surface area (Å²) in [5, 5.41) is 2.89. The normalized spacial score (nSPS) is 16.4. The number of para-hydroxylation sites is 2. The summed E-state index contributed by atoms with van der Waals surface area (Å²) in [5.74, 6) is 1.07. The standard InChI is InChI=1S/C16H14INO3/c1-10-8-11(17)6-7-12(10)18-16(19)15-9-20-13-4-2-3-5-14(13)21-15/h2-8,15H,9H2,1H3,(H,18,19). The number of halogens is 1. The zero-order chi connectivity index (χ0) is 14.8. The molecule has 3 rings (SSSR count). The van der Waals surface area contributed by atoms with Crippen LogP contribution in [-0.2, 0) is 4.79 Å². The Hall–Kier alpha value is -1.76. The molecule has 0 spiro atoms. The van der Waals surface area contributed by atoms with E-state index in [1.807, 2.05) is 43.3 Å². The third kappa shape index (κ3) is 3.12. The van der Waals surface area contributed by atoms with E-state index in [0.717, 1.165) is 14.8 Å². The summed E-state index contributed by atoms with van der Waals surface area (Å²) in [5.41, 5.74) is 1.82. The van der Waals surface area contributed by atoms with E-state index in [1.165, 1.54) is 0 Å². The molecule has 5 heteroatoms. The second kappa shape index (κ2) is 5.93. The third-order valence-corrected chi connectivity index (χ3v) is 3.92. The molecular formula is C16H14INO3. The molecule has 0 saturated carbocycles. The SMILES string of the molecule is Cc1cc(I)ccc1NC(=O)C1COc2ccccc2O1. The largest absolute Gasteiger partial charge is 0.485 e. The zero-order valence-corrected chi connectivity index (χ0v) is 13.6. The van der Waals surface area contributed by atoms with Crippen molar-refractivity contribution in [3.8, 4) is 11.5 Å². The Morgan fingerprint density at radius 2 is 2.00 bits per heavy atom. The van der Waals surface area contributed by atoms with Gasteiger partial charge < -0.3 is 14.8 Å². The zero-order valence-electron chi connectivity index (χ0n) is 11.4. The summed E-state index contributed by atoms with van der Waals surface area (Å²) >= 11 is 2.24. The van der Waals surface area contributed by atoms with Gasteiger partial charge >= 0.3 is 0 Å². The molecule has 1 aliphatic heterocycles. The van der Waals surface area contributed by atoms with Crippen LogP contribution in [0.15, 0.2) is 42.5 Å². The Labute approximate surface area is 136 Å².